The van der Waals surface area contributed by atoms with Gasteiger partial charge in [0.05, 0.1) is 6.54 Å². The molecule has 0 unspecified atom stereocenters. The first kappa shape index (κ1) is 19.6. The van der Waals surface area contributed by atoms with Gasteiger partial charge >= 0.3 is 5.69 Å². The summed E-state index contributed by atoms with van der Waals surface area (Å²) in [5.74, 6) is -1.01. The molecule has 0 saturated carbocycles. The van der Waals surface area contributed by atoms with Crippen molar-refractivity contribution in [2.24, 2.45) is 0 Å². The first-order valence-corrected chi connectivity index (χ1v) is 8.87. The summed E-state index contributed by atoms with van der Waals surface area (Å²) in [6, 6.07) is 14.3. The second-order valence-electron chi connectivity index (χ2n) is 6.11. The lowest BCUT2D eigenvalue weighted by molar-refractivity contribution is -0.121. The van der Waals surface area contributed by atoms with E-state index in [1.54, 1.807) is 42.5 Å². The van der Waals surface area contributed by atoms with Gasteiger partial charge in [-0.1, -0.05) is 48.0 Å². The molecular weight excluding hydrogens is 385 g/mol. The zero-order valence-electron chi connectivity index (χ0n) is 14.8. The van der Waals surface area contributed by atoms with Crippen molar-refractivity contribution < 1.29 is 9.18 Å². The van der Waals surface area contributed by atoms with Crippen molar-refractivity contribution in [1.82, 2.24) is 14.5 Å². The first-order valence-electron chi connectivity index (χ1n) is 8.49. The van der Waals surface area contributed by atoms with Gasteiger partial charge in [0.25, 0.3) is 5.56 Å². The molecule has 1 aromatic heterocycles. The quantitative estimate of drug-likeness (QED) is 0.688. The summed E-state index contributed by atoms with van der Waals surface area (Å²) in [7, 11) is 0. The lowest BCUT2D eigenvalue weighted by Gasteiger charge is -2.11. The Labute approximate surface area is 164 Å². The predicted octanol–water partition coefficient (Wildman–Crippen LogP) is 2.17. The molecule has 1 heterocycles. The van der Waals surface area contributed by atoms with Crippen LogP contribution in [0.4, 0.5) is 4.39 Å². The highest BCUT2D eigenvalue weighted by Crippen LogP contribution is 2.15. The molecule has 0 atom stereocenters. The van der Waals surface area contributed by atoms with Gasteiger partial charge < -0.3 is 5.32 Å². The molecule has 144 valence electrons. The smallest absolute Gasteiger partial charge is 0.331 e. The fourth-order valence-electron chi connectivity index (χ4n) is 2.67. The van der Waals surface area contributed by atoms with E-state index in [2.05, 4.69) is 5.32 Å². The third-order valence-corrected chi connectivity index (χ3v) is 4.54. The van der Waals surface area contributed by atoms with Crippen LogP contribution in [0.1, 0.15) is 11.1 Å². The van der Waals surface area contributed by atoms with Crippen LogP contribution in [0.3, 0.4) is 0 Å². The second-order valence-corrected chi connectivity index (χ2v) is 6.52. The highest BCUT2D eigenvalue weighted by atomic mass is 35.5. The van der Waals surface area contributed by atoms with Crippen LogP contribution in [-0.4, -0.2) is 15.0 Å². The van der Waals surface area contributed by atoms with Gasteiger partial charge in [-0.2, -0.15) is 0 Å². The van der Waals surface area contributed by atoms with Crippen molar-refractivity contribution in [2.45, 2.75) is 19.6 Å². The van der Waals surface area contributed by atoms with Gasteiger partial charge in [0.15, 0.2) is 0 Å². The van der Waals surface area contributed by atoms with Gasteiger partial charge in [-0.3, -0.25) is 18.7 Å². The number of carbonyl (C=O) groups is 1. The molecule has 2 aromatic carbocycles. The first-order chi connectivity index (χ1) is 13.5. The summed E-state index contributed by atoms with van der Waals surface area (Å²) in [5, 5.41) is 3.01. The van der Waals surface area contributed by atoms with Gasteiger partial charge in [0, 0.05) is 29.4 Å². The van der Waals surface area contributed by atoms with E-state index in [1.165, 1.54) is 22.9 Å². The highest BCUT2D eigenvalue weighted by Gasteiger charge is 2.12. The third kappa shape index (κ3) is 4.55. The summed E-state index contributed by atoms with van der Waals surface area (Å²) in [4.78, 5) is 36.8. The van der Waals surface area contributed by atoms with Crippen LogP contribution in [-0.2, 0) is 24.4 Å². The number of nitrogens with one attached hydrogen (secondary N) is 1. The number of aromatic nitrogens is 2. The maximum Gasteiger partial charge on any atom is 0.331 e. The number of nitrogens with zero attached hydrogens (tertiary/aromatic N) is 2. The Bertz CT molecular complexity index is 1120. The Kier molecular flexibility index (Phi) is 6.06. The van der Waals surface area contributed by atoms with Crippen molar-refractivity contribution in [3.63, 3.8) is 0 Å². The van der Waals surface area contributed by atoms with E-state index >= 15 is 0 Å². The van der Waals surface area contributed by atoms with Crippen molar-refractivity contribution in [3.05, 3.63) is 104 Å². The minimum atomic E-state index is -0.631. The maximum atomic E-state index is 13.6. The normalized spacial score (nSPS) is 10.6. The van der Waals surface area contributed by atoms with Crippen LogP contribution < -0.4 is 16.6 Å². The Morgan fingerprint density at radius 2 is 1.68 bits per heavy atom. The number of rotatable bonds is 6. The number of carbonyl (C=O) groups excluding carboxylic acids is 1. The van der Waals surface area contributed by atoms with E-state index in [9.17, 15) is 18.8 Å². The number of hydrogen-bond donors (Lipinski definition) is 1. The average molecular weight is 402 g/mol. The van der Waals surface area contributed by atoms with E-state index in [1.807, 2.05) is 0 Å². The number of amides is 1. The molecule has 8 heteroatoms. The van der Waals surface area contributed by atoms with Crippen LogP contribution >= 0.6 is 11.6 Å². The standard InChI is InChI=1S/C20H17ClFN3O3/c21-16-7-3-1-6-15(16)12-24-10-9-19(27)25(20(24)28)13-18(26)23-11-14-5-2-4-8-17(14)22/h1-10H,11-13H2,(H,23,26). The van der Waals surface area contributed by atoms with Crippen LogP contribution in [0, 0.1) is 5.82 Å². The molecule has 0 saturated heterocycles. The molecule has 0 aliphatic rings. The molecule has 6 nitrogen and oxygen atoms in total. The minimum absolute atomic E-state index is 0.0408. The van der Waals surface area contributed by atoms with Gasteiger partial charge in [-0.25, -0.2) is 9.18 Å². The highest BCUT2D eigenvalue weighted by molar-refractivity contribution is 6.31. The SMILES string of the molecule is O=C(Cn1c(=O)ccn(Cc2ccccc2Cl)c1=O)NCc1ccccc1F. The Balaban J connectivity index is 1.76. The lowest BCUT2D eigenvalue weighted by atomic mass is 10.2. The monoisotopic (exact) mass is 401 g/mol. The van der Waals surface area contributed by atoms with Crippen molar-refractivity contribution in [3.8, 4) is 0 Å². The van der Waals surface area contributed by atoms with Crippen molar-refractivity contribution >= 4 is 17.5 Å². The molecule has 0 radical (unpaired) electrons. The van der Waals surface area contributed by atoms with Crippen LogP contribution in [0.5, 0.6) is 0 Å². The fourth-order valence-corrected chi connectivity index (χ4v) is 2.86. The Morgan fingerprint density at radius 1 is 1.00 bits per heavy atom. The van der Waals surface area contributed by atoms with Gasteiger partial charge in [0.2, 0.25) is 5.91 Å². The molecular formula is C20H17ClFN3O3. The van der Waals surface area contributed by atoms with Crippen LogP contribution in [0.15, 0.2) is 70.4 Å². The number of halogens is 2. The largest absolute Gasteiger partial charge is 0.350 e. The van der Waals surface area contributed by atoms with E-state index in [4.69, 9.17) is 11.6 Å². The summed E-state index contributed by atoms with van der Waals surface area (Å²) < 4.78 is 15.7. The molecule has 3 rings (SSSR count). The molecule has 0 aliphatic carbocycles. The Hall–Kier alpha value is -3.19. The molecule has 3 aromatic rings. The van der Waals surface area contributed by atoms with E-state index in [0.29, 0.717) is 16.1 Å². The number of hydrogen-bond acceptors (Lipinski definition) is 3. The van der Waals surface area contributed by atoms with Crippen molar-refractivity contribution in [2.75, 3.05) is 0 Å². The average Bonchev–Trinajstić information content (AvgIpc) is 2.68. The molecule has 0 fully saturated rings. The Morgan fingerprint density at radius 3 is 2.39 bits per heavy atom. The van der Waals surface area contributed by atoms with Crippen LogP contribution in [0.2, 0.25) is 5.02 Å². The van der Waals surface area contributed by atoms with Gasteiger partial charge in [0.1, 0.15) is 12.4 Å². The topological polar surface area (TPSA) is 73.1 Å². The summed E-state index contributed by atoms with van der Waals surface area (Å²) >= 11 is 6.12. The minimum Gasteiger partial charge on any atom is -0.350 e. The zero-order valence-corrected chi connectivity index (χ0v) is 15.5. The van der Waals surface area contributed by atoms with Gasteiger partial charge in [-0.05, 0) is 17.7 Å². The van der Waals surface area contributed by atoms with E-state index < -0.39 is 29.5 Å². The summed E-state index contributed by atoms with van der Waals surface area (Å²) in [6.07, 6.45) is 1.36. The van der Waals surface area contributed by atoms with Crippen molar-refractivity contribution in [1.29, 1.82) is 0 Å². The zero-order chi connectivity index (χ0) is 20.1. The van der Waals surface area contributed by atoms with Crippen LogP contribution in [0.25, 0.3) is 0 Å². The summed E-state index contributed by atoms with van der Waals surface area (Å²) in [6.45, 7) is -0.341. The summed E-state index contributed by atoms with van der Waals surface area (Å²) in [5.41, 5.74) is -0.206. The predicted molar refractivity (Wildman–Crippen MR) is 104 cm³/mol. The van der Waals surface area contributed by atoms with E-state index in [-0.39, 0.29) is 13.1 Å². The van der Waals surface area contributed by atoms with Gasteiger partial charge in [-0.15, -0.1) is 0 Å². The fraction of sp³-hybridized carbons (Fsp3) is 0.150. The van der Waals surface area contributed by atoms with E-state index in [0.717, 1.165) is 4.57 Å². The molecule has 1 amide bonds. The second kappa shape index (κ2) is 8.67. The lowest BCUT2D eigenvalue weighted by Crippen LogP contribution is -2.43. The maximum absolute atomic E-state index is 13.6. The molecule has 0 aliphatic heterocycles. The molecule has 0 spiro atoms. The molecule has 1 N–H and O–H groups in total. The molecule has 28 heavy (non-hydrogen) atoms. The molecule has 0 bridgehead atoms. The number of benzene rings is 2. The third-order valence-electron chi connectivity index (χ3n) is 4.17.